The third-order valence-corrected chi connectivity index (χ3v) is 3.45. The van der Waals surface area contributed by atoms with Crippen LogP contribution in [-0.4, -0.2) is 20.5 Å². The number of nitrogens with zero attached hydrogens (tertiary/aromatic N) is 2. The molecule has 4 heteroatoms. The molecule has 0 bridgehead atoms. The highest BCUT2D eigenvalue weighted by atomic mass is 16.4. The van der Waals surface area contributed by atoms with Gasteiger partial charge in [0, 0.05) is 12.1 Å². The molecule has 1 saturated carbocycles. The minimum atomic E-state index is -0.798. The summed E-state index contributed by atoms with van der Waals surface area (Å²) in [5, 5.41) is 8.76. The van der Waals surface area contributed by atoms with Crippen molar-refractivity contribution in [2.45, 2.75) is 31.6 Å². The van der Waals surface area contributed by atoms with Crippen LogP contribution in [0.3, 0.4) is 0 Å². The van der Waals surface area contributed by atoms with Gasteiger partial charge in [0.15, 0.2) is 0 Å². The van der Waals surface area contributed by atoms with E-state index in [9.17, 15) is 4.79 Å². The molecule has 0 atom stereocenters. The van der Waals surface area contributed by atoms with Crippen molar-refractivity contribution in [3.05, 3.63) is 35.9 Å². The van der Waals surface area contributed by atoms with Crippen molar-refractivity contribution < 1.29 is 9.90 Å². The lowest BCUT2D eigenvalue weighted by Gasteiger charge is -2.24. The topological polar surface area (TPSA) is 54.6 Å². The van der Waals surface area contributed by atoms with Crippen LogP contribution in [-0.2, 0) is 11.2 Å². The summed E-state index contributed by atoms with van der Waals surface area (Å²) in [4.78, 5) is 15.1. The predicted octanol–water partition coefficient (Wildman–Crippen LogP) is 2.23. The Bertz CT molecular complexity index is 570. The van der Waals surface area contributed by atoms with Gasteiger partial charge in [0.05, 0.1) is 18.1 Å². The maximum absolute atomic E-state index is 10.7. The van der Waals surface area contributed by atoms with Gasteiger partial charge in [0.1, 0.15) is 5.82 Å². The summed E-state index contributed by atoms with van der Waals surface area (Å²) in [6.45, 7) is 0. The van der Waals surface area contributed by atoms with Gasteiger partial charge in [-0.1, -0.05) is 6.42 Å². The molecule has 4 nitrogen and oxygen atoms in total. The van der Waals surface area contributed by atoms with E-state index < -0.39 is 5.97 Å². The van der Waals surface area contributed by atoms with E-state index in [1.807, 2.05) is 24.5 Å². The van der Waals surface area contributed by atoms with Gasteiger partial charge in [-0.25, -0.2) is 4.98 Å². The van der Waals surface area contributed by atoms with Crippen LogP contribution in [0.2, 0.25) is 0 Å². The molecule has 3 rings (SSSR count). The Morgan fingerprint density at radius 3 is 3.00 bits per heavy atom. The van der Waals surface area contributed by atoms with Gasteiger partial charge in [-0.15, -0.1) is 0 Å². The maximum Gasteiger partial charge on any atom is 0.307 e. The highest BCUT2D eigenvalue weighted by Crippen LogP contribution is 2.35. The third-order valence-electron chi connectivity index (χ3n) is 3.45. The molecule has 88 valence electrons. The van der Waals surface area contributed by atoms with Crippen molar-refractivity contribution in [3.8, 4) is 0 Å². The summed E-state index contributed by atoms with van der Waals surface area (Å²) in [6, 6.07) is 3.77. The highest BCUT2D eigenvalue weighted by Gasteiger charge is 2.23. The second-order valence-electron chi connectivity index (χ2n) is 4.64. The lowest BCUT2D eigenvalue weighted by atomic mass is 9.85. The van der Waals surface area contributed by atoms with E-state index >= 15 is 0 Å². The molecule has 17 heavy (non-hydrogen) atoms. The smallest absolute Gasteiger partial charge is 0.307 e. The van der Waals surface area contributed by atoms with E-state index in [1.54, 1.807) is 0 Å². The number of fused-ring (bicyclic) bond motifs is 1. The van der Waals surface area contributed by atoms with Crippen molar-refractivity contribution in [2.75, 3.05) is 0 Å². The Hall–Kier alpha value is -1.84. The summed E-state index contributed by atoms with van der Waals surface area (Å²) < 4.78 is 2.08. The number of hydrogen-bond donors (Lipinski definition) is 1. The molecule has 0 spiro atoms. The first-order valence-corrected chi connectivity index (χ1v) is 5.92. The van der Waals surface area contributed by atoms with Crippen LogP contribution in [0.5, 0.6) is 0 Å². The molecule has 1 fully saturated rings. The largest absolute Gasteiger partial charge is 0.481 e. The SMILES string of the molecule is O=C(O)Cc1ccn2c(C3CCC3)ncc2c1. The summed E-state index contributed by atoms with van der Waals surface area (Å²) >= 11 is 0. The number of carboxylic acids is 1. The molecule has 2 aromatic rings. The predicted molar refractivity (Wildman–Crippen MR) is 63.1 cm³/mol. The fourth-order valence-corrected chi connectivity index (χ4v) is 2.32. The number of carbonyl (C=O) groups is 1. The molecule has 0 aromatic carbocycles. The van der Waals surface area contributed by atoms with Crippen LogP contribution in [0.1, 0.15) is 36.6 Å². The molecule has 1 N–H and O–H groups in total. The minimum absolute atomic E-state index is 0.0699. The normalized spacial score (nSPS) is 16.0. The first-order valence-electron chi connectivity index (χ1n) is 5.92. The molecule has 0 amide bonds. The first kappa shape index (κ1) is 10.3. The number of hydrogen-bond acceptors (Lipinski definition) is 2. The molecule has 0 saturated heterocycles. The third kappa shape index (κ3) is 1.79. The standard InChI is InChI=1S/C13H14N2O2/c16-12(17)7-9-4-5-15-11(6-9)8-14-13(15)10-2-1-3-10/h4-6,8,10H,1-3,7H2,(H,16,17). The van der Waals surface area contributed by atoms with Crippen LogP contribution in [0.25, 0.3) is 5.52 Å². The number of rotatable bonds is 3. The molecule has 1 aliphatic rings. The van der Waals surface area contributed by atoms with Gasteiger partial charge in [-0.2, -0.15) is 0 Å². The Morgan fingerprint density at radius 1 is 1.53 bits per heavy atom. The molecule has 0 radical (unpaired) electrons. The number of carboxylic acid groups (broad SMARTS) is 1. The number of aromatic nitrogens is 2. The highest BCUT2D eigenvalue weighted by molar-refractivity contribution is 5.71. The Kier molecular flexibility index (Phi) is 2.35. The fraction of sp³-hybridized carbons (Fsp3) is 0.385. The van der Waals surface area contributed by atoms with Gasteiger partial charge in [-0.3, -0.25) is 4.79 Å². The van der Waals surface area contributed by atoms with E-state index in [0.29, 0.717) is 5.92 Å². The van der Waals surface area contributed by atoms with Crippen molar-refractivity contribution in [2.24, 2.45) is 0 Å². The van der Waals surface area contributed by atoms with Gasteiger partial charge in [0.25, 0.3) is 0 Å². The number of aliphatic carboxylic acids is 1. The van der Waals surface area contributed by atoms with Crippen LogP contribution in [0.4, 0.5) is 0 Å². The van der Waals surface area contributed by atoms with E-state index in [-0.39, 0.29) is 6.42 Å². The Balaban J connectivity index is 1.98. The van der Waals surface area contributed by atoms with Gasteiger partial charge < -0.3 is 9.51 Å². The minimum Gasteiger partial charge on any atom is -0.481 e. The van der Waals surface area contributed by atoms with Crippen molar-refractivity contribution in [1.29, 1.82) is 0 Å². The molecule has 2 aromatic heterocycles. The number of pyridine rings is 1. The van der Waals surface area contributed by atoms with Crippen molar-refractivity contribution in [3.63, 3.8) is 0 Å². The average molecular weight is 230 g/mol. The molecule has 1 aliphatic carbocycles. The molecular formula is C13H14N2O2. The quantitative estimate of drug-likeness (QED) is 0.879. The molecule has 0 aliphatic heterocycles. The summed E-state index contributed by atoms with van der Waals surface area (Å²) in [5.74, 6) is 0.907. The zero-order valence-electron chi connectivity index (χ0n) is 9.47. The van der Waals surface area contributed by atoms with Gasteiger partial charge in [0.2, 0.25) is 0 Å². The summed E-state index contributed by atoms with van der Waals surface area (Å²) in [6.07, 6.45) is 7.57. The van der Waals surface area contributed by atoms with Gasteiger partial charge >= 0.3 is 5.97 Å². The van der Waals surface area contributed by atoms with E-state index in [2.05, 4.69) is 9.38 Å². The molecule has 2 heterocycles. The fourth-order valence-electron chi connectivity index (χ4n) is 2.32. The van der Waals surface area contributed by atoms with Crippen LogP contribution in [0, 0.1) is 0 Å². The van der Waals surface area contributed by atoms with Crippen LogP contribution >= 0.6 is 0 Å². The van der Waals surface area contributed by atoms with Crippen molar-refractivity contribution >= 4 is 11.5 Å². The van der Waals surface area contributed by atoms with E-state index in [0.717, 1.165) is 16.9 Å². The molecular weight excluding hydrogens is 216 g/mol. The lowest BCUT2D eigenvalue weighted by molar-refractivity contribution is -0.136. The number of imidazole rings is 1. The summed E-state index contributed by atoms with van der Waals surface area (Å²) in [5.41, 5.74) is 1.82. The Morgan fingerprint density at radius 2 is 2.35 bits per heavy atom. The maximum atomic E-state index is 10.7. The zero-order valence-corrected chi connectivity index (χ0v) is 9.47. The van der Waals surface area contributed by atoms with Crippen LogP contribution < -0.4 is 0 Å². The Labute approximate surface area is 98.9 Å². The zero-order chi connectivity index (χ0) is 11.8. The van der Waals surface area contributed by atoms with E-state index in [4.69, 9.17) is 5.11 Å². The van der Waals surface area contributed by atoms with Crippen LogP contribution in [0.15, 0.2) is 24.5 Å². The van der Waals surface area contributed by atoms with E-state index in [1.165, 1.54) is 19.3 Å². The second kappa shape index (κ2) is 3.87. The average Bonchev–Trinajstić information content (AvgIpc) is 2.58. The molecule has 0 unspecified atom stereocenters. The lowest BCUT2D eigenvalue weighted by Crippen LogP contribution is -2.12. The van der Waals surface area contributed by atoms with Gasteiger partial charge in [-0.05, 0) is 30.5 Å². The summed E-state index contributed by atoms with van der Waals surface area (Å²) in [7, 11) is 0. The van der Waals surface area contributed by atoms with Crippen molar-refractivity contribution in [1.82, 2.24) is 9.38 Å². The monoisotopic (exact) mass is 230 g/mol. The second-order valence-corrected chi connectivity index (χ2v) is 4.64. The first-order chi connectivity index (χ1) is 8.24.